The third kappa shape index (κ3) is 1.44. The molecule has 12 heavy (non-hydrogen) atoms. The molecule has 2 fully saturated rings. The zero-order valence-corrected chi connectivity index (χ0v) is 6.99. The van der Waals surface area contributed by atoms with E-state index in [9.17, 15) is 4.79 Å². The summed E-state index contributed by atoms with van der Waals surface area (Å²) < 4.78 is 0. The fraction of sp³-hybridized carbons (Fsp3) is 0.875. The zero-order chi connectivity index (χ0) is 8.39. The Labute approximate surface area is 71.3 Å². The Bertz CT molecular complexity index is 177. The maximum atomic E-state index is 11.1. The van der Waals surface area contributed by atoms with Crippen LogP contribution in [0.5, 0.6) is 0 Å². The summed E-state index contributed by atoms with van der Waals surface area (Å²) in [6.07, 6.45) is 5.76. The molecular weight excluding hydrogens is 158 g/mol. The average molecular weight is 171 g/mol. The quantitative estimate of drug-likeness (QED) is 0.553. The van der Waals surface area contributed by atoms with Crippen molar-refractivity contribution < 1.29 is 14.7 Å². The van der Waals surface area contributed by atoms with Crippen molar-refractivity contribution >= 4 is 5.91 Å². The van der Waals surface area contributed by atoms with E-state index in [0.29, 0.717) is 0 Å². The van der Waals surface area contributed by atoms with Crippen LogP contribution < -0.4 is 0 Å². The molecule has 1 aliphatic carbocycles. The van der Waals surface area contributed by atoms with Gasteiger partial charge in [-0.3, -0.25) is 4.79 Å². The molecule has 1 aliphatic heterocycles. The summed E-state index contributed by atoms with van der Waals surface area (Å²) in [6, 6.07) is 0.258. The molecule has 0 N–H and O–H groups in total. The molecule has 1 amide bonds. The van der Waals surface area contributed by atoms with E-state index in [0.717, 1.165) is 12.8 Å². The standard InChI is InChI=1S/C8H13NO3/c10-8-6-11-12-9(8)7-4-2-1-3-5-7/h7H,1-6H2. The number of rotatable bonds is 1. The Kier molecular flexibility index (Phi) is 2.28. The van der Waals surface area contributed by atoms with Crippen LogP contribution in [0, 0.1) is 0 Å². The van der Waals surface area contributed by atoms with Gasteiger partial charge in [-0.05, 0) is 12.8 Å². The number of hydroxylamine groups is 2. The molecule has 0 atom stereocenters. The molecule has 1 heterocycles. The minimum Gasteiger partial charge on any atom is -0.270 e. The largest absolute Gasteiger partial charge is 0.278 e. The lowest BCUT2D eigenvalue weighted by atomic mass is 9.95. The molecule has 4 nitrogen and oxygen atoms in total. The van der Waals surface area contributed by atoms with Gasteiger partial charge in [-0.25, -0.2) is 4.89 Å². The Hall–Kier alpha value is -0.610. The highest BCUT2D eigenvalue weighted by molar-refractivity contribution is 5.77. The van der Waals surface area contributed by atoms with Crippen LogP contribution >= 0.6 is 0 Å². The van der Waals surface area contributed by atoms with Crippen LogP contribution in [0.4, 0.5) is 0 Å². The fourth-order valence-electron chi connectivity index (χ4n) is 1.82. The highest BCUT2D eigenvalue weighted by atomic mass is 17.3. The number of amides is 1. The average Bonchev–Trinajstić information content (AvgIpc) is 2.53. The Morgan fingerprint density at radius 3 is 2.58 bits per heavy atom. The third-order valence-corrected chi connectivity index (χ3v) is 2.47. The van der Waals surface area contributed by atoms with Crippen LogP contribution in [-0.2, 0) is 14.7 Å². The van der Waals surface area contributed by atoms with Gasteiger partial charge in [0.25, 0.3) is 5.91 Å². The summed E-state index contributed by atoms with van der Waals surface area (Å²) in [5.74, 6) is -0.0399. The Balaban J connectivity index is 1.93. The Morgan fingerprint density at radius 1 is 1.25 bits per heavy atom. The summed E-state index contributed by atoms with van der Waals surface area (Å²) in [6.45, 7) is 0.0799. The molecule has 0 aromatic rings. The lowest BCUT2D eigenvalue weighted by Gasteiger charge is -2.26. The van der Waals surface area contributed by atoms with Crippen LogP contribution in [-0.4, -0.2) is 23.6 Å². The van der Waals surface area contributed by atoms with Gasteiger partial charge in [0.05, 0.1) is 6.04 Å². The lowest BCUT2D eigenvalue weighted by Crippen LogP contribution is -2.37. The van der Waals surface area contributed by atoms with Crippen molar-refractivity contribution in [3.8, 4) is 0 Å². The van der Waals surface area contributed by atoms with Crippen molar-refractivity contribution in [1.82, 2.24) is 5.06 Å². The molecule has 0 bridgehead atoms. The number of hydrogen-bond donors (Lipinski definition) is 0. The highest BCUT2D eigenvalue weighted by Gasteiger charge is 2.31. The van der Waals surface area contributed by atoms with E-state index < -0.39 is 0 Å². The lowest BCUT2D eigenvalue weighted by molar-refractivity contribution is -0.377. The number of carbonyl (C=O) groups is 1. The van der Waals surface area contributed by atoms with Crippen molar-refractivity contribution in [2.24, 2.45) is 0 Å². The highest BCUT2D eigenvalue weighted by Crippen LogP contribution is 2.24. The summed E-state index contributed by atoms with van der Waals surface area (Å²) in [5, 5.41) is 1.40. The van der Waals surface area contributed by atoms with Crippen molar-refractivity contribution in [1.29, 1.82) is 0 Å². The first-order valence-electron chi connectivity index (χ1n) is 4.49. The van der Waals surface area contributed by atoms with Crippen molar-refractivity contribution in [2.45, 2.75) is 38.1 Å². The maximum Gasteiger partial charge on any atom is 0.278 e. The van der Waals surface area contributed by atoms with Gasteiger partial charge < -0.3 is 0 Å². The summed E-state index contributed by atoms with van der Waals surface area (Å²) in [5.41, 5.74) is 0. The van der Waals surface area contributed by atoms with E-state index in [4.69, 9.17) is 4.99 Å². The van der Waals surface area contributed by atoms with Crippen LogP contribution in [0.3, 0.4) is 0 Å². The van der Waals surface area contributed by atoms with Crippen molar-refractivity contribution in [3.05, 3.63) is 0 Å². The van der Waals surface area contributed by atoms with Gasteiger partial charge in [0.2, 0.25) is 0 Å². The van der Waals surface area contributed by atoms with Gasteiger partial charge in [-0.15, -0.1) is 4.99 Å². The second-order valence-electron chi connectivity index (χ2n) is 3.35. The predicted molar refractivity (Wildman–Crippen MR) is 40.8 cm³/mol. The molecule has 0 aromatic carbocycles. The smallest absolute Gasteiger partial charge is 0.270 e. The maximum absolute atomic E-state index is 11.1. The molecule has 0 radical (unpaired) electrons. The van der Waals surface area contributed by atoms with Gasteiger partial charge in [0, 0.05) is 0 Å². The van der Waals surface area contributed by atoms with Crippen LogP contribution in [0.25, 0.3) is 0 Å². The second-order valence-corrected chi connectivity index (χ2v) is 3.35. The van der Waals surface area contributed by atoms with Crippen molar-refractivity contribution in [2.75, 3.05) is 6.61 Å². The number of nitrogens with zero attached hydrogens (tertiary/aromatic N) is 1. The summed E-state index contributed by atoms with van der Waals surface area (Å²) in [4.78, 5) is 20.5. The zero-order valence-electron chi connectivity index (χ0n) is 6.99. The van der Waals surface area contributed by atoms with Gasteiger partial charge in [0.15, 0.2) is 6.61 Å². The van der Waals surface area contributed by atoms with E-state index in [1.54, 1.807) is 0 Å². The minimum atomic E-state index is -0.0399. The Morgan fingerprint density at radius 2 is 2.00 bits per heavy atom. The third-order valence-electron chi connectivity index (χ3n) is 2.47. The minimum absolute atomic E-state index is 0.0399. The fourth-order valence-corrected chi connectivity index (χ4v) is 1.82. The topological polar surface area (TPSA) is 38.8 Å². The van der Waals surface area contributed by atoms with Crippen LogP contribution in [0.2, 0.25) is 0 Å². The second kappa shape index (κ2) is 3.41. The first-order valence-corrected chi connectivity index (χ1v) is 4.49. The molecule has 2 rings (SSSR count). The molecule has 0 unspecified atom stereocenters. The predicted octanol–water partition coefficient (Wildman–Crippen LogP) is 1.02. The molecule has 1 saturated carbocycles. The molecule has 2 aliphatic rings. The van der Waals surface area contributed by atoms with Crippen molar-refractivity contribution in [3.63, 3.8) is 0 Å². The number of hydrogen-bond acceptors (Lipinski definition) is 3. The molecule has 0 aromatic heterocycles. The van der Waals surface area contributed by atoms with E-state index in [1.165, 1.54) is 24.3 Å². The first-order chi connectivity index (χ1) is 5.88. The molecule has 1 saturated heterocycles. The van der Waals surface area contributed by atoms with E-state index in [2.05, 4.69) is 4.89 Å². The van der Waals surface area contributed by atoms with Crippen LogP contribution in [0.15, 0.2) is 0 Å². The van der Waals surface area contributed by atoms with E-state index >= 15 is 0 Å². The van der Waals surface area contributed by atoms with Gasteiger partial charge >= 0.3 is 0 Å². The molecule has 68 valence electrons. The summed E-state index contributed by atoms with van der Waals surface area (Å²) >= 11 is 0. The molecular formula is C8H13NO3. The van der Waals surface area contributed by atoms with Gasteiger partial charge in [0.1, 0.15) is 0 Å². The normalized spacial score (nSPS) is 26.7. The summed E-state index contributed by atoms with van der Waals surface area (Å²) in [7, 11) is 0. The van der Waals surface area contributed by atoms with E-state index in [-0.39, 0.29) is 18.6 Å². The van der Waals surface area contributed by atoms with Gasteiger partial charge in [-0.1, -0.05) is 19.3 Å². The SMILES string of the molecule is O=C1COON1C1CCCCC1. The molecule has 0 spiro atoms. The van der Waals surface area contributed by atoms with Crippen LogP contribution in [0.1, 0.15) is 32.1 Å². The van der Waals surface area contributed by atoms with E-state index in [1.807, 2.05) is 0 Å². The monoisotopic (exact) mass is 171 g/mol. The van der Waals surface area contributed by atoms with Gasteiger partial charge in [-0.2, -0.15) is 5.06 Å². The number of carbonyl (C=O) groups excluding carboxylic acids is 1. The molecule has 4 heteroatoms. The first kappa shape index (κ1) is 8.01.